The Bertz CT molecular complexity index is 525. The molecule has 0 amide bonds. The average molecular weight is 297 g/mol. The molecule has 0 bridgehead atoms. The Morgan fingerprint density at radius 2 is 2.00 bits per heavy atom. The predicted molar refractivity (Wildman–Crippen MR) is 79.6 cm³/mol. The quantitative estimate of drug-likeness (QED) is 0.611. The minimum absolute atomic E-state index is 0.182. The van der Waals surface area contributed by atoms with E-state index >= 15 is 0 Å². The summed E-state index contributed by atoms with van der Waals surface area (Å²) >= 11 is 7.42. The maximum absolute atomic E-state index is 12.2. The van der Waals surface area contributed by atoms with Crippen LogP contribution in [0.25, 0.3) is 0 Å². The maximum atomic E-state index is 12.2. The minimum Gasteiger partial charge on any atom is -0.468 e. The van der Waals surface area contributed by atoms with E-state index < -0.39 is 4.75 Å². The fraction of sp³-hybridized carbons (Fsp3) is 0.400. The van der Waals surface area contributed by atoms with Gasteiger partial charge >= 0.3 is 5.97 Å². The highest BCUT2D eigenvalue weighted by molar-refractivity contribution is 8.01. The third-order valence-corrected chi connectivity index (χ3v) is 5.80. The van der Waals surface area contributed by atoms with Crippen LogP contribution in [0.1, 0.15) is 20.3 Å². The molecule has 0 heterocycles. The van der Waals surface area contributed by atoms with Gasteiger partial charge in [-0.2, -0.15) is 0 Å². The Morgan fingerprint density at radius 3 is 2.42 bits per heavy atom. The van der Waals surface area contributed by atoms with Gasteiger partial charge in [0, 0.05) is 15.3 Å². The first-order chi connectivity index (χ1) is 8.85. The molecular weight excluding hydrogens is 280 g/mol. The number of halogens is 1. The van der Waals surface area contributed by atoms with Gasteiger partial charge in [0.15, 0.2) is 0 Å². The number of hydrogen-bond donors (Lipinski definition) is 0. The van der Waals surface area contributed by atoms with Crippen LogP contribution < -0.4 is 0 Å². The maximum Gasteiger partial charge on any atom is 0.323 e. The van der Waals surface area contributed by atoms with Crippen LogP contribution in [-0.4, -0.2) is 17.8 Å². The highest BCUT2D eigenvalue weighted by Gasteiger charge is 2.71. The second kappa shape index (κ2) is 4.88. The van der Waals surface area contributed by atoms with Gasteiger partial charge in [0.1, 0.15) is 4.75 Å². The fourth-order valence-corrected chi connectivity index (χ4v) is 4.03. The summed E-state index contributed by atoms with van der Waals surface area (Å²) in [5.74, 6) is -0.182. The van der Waals surface area contributed by atoms with Gasteiger partial charge in [-0.25, -0.2) is 0 Å². The van der Waals surface area contributed by atoms with E-state index in [0.29, 0.717) is 5.02 Å². The van der Waals surface area contributed by atoms with Crippen molar-refractivity contribution >= 4 is 29.3 Å². The minimum atomic E-state index is -0.554. The van der Waals surface area contributed by atoms with Gasteiger partial charge in [0.25, 0.3) is 0 Å². The SMILES string of the molecule is C=C(C)C1(C)CC1(Sc1ccc(Cl)cc1)C(=O)OC. The first kappa shape index (κ1) is 14.5. The summed E-state index contributed by atoms with van der Waals surface area (Å²) in [6.07, 6.45) is 0.759. The first-order valence-corrected chi connectivity index (χ1v) is 7.24. The Balaban J connectivity index is 2.30. The lowest BCUT2D eigenvalue weighted by atomic mass is 9.98. The number of ether oxygens (including phenoxy) is 1. The molecule has 2 nitrogen and oxygen atoms in total. The number of allylic oxidation sites excluding steroid dienone is 1. The van der Waals surface area contributed by atoms with Crippen molar-refractivity contribution in [3.8, 4) is 0 Å². The number of methoxy groups -OCH3 is 1. The molecule has 0 N–H and O–H groups in total. The molecule has 2 rings (SSSR count). The lowest BCUT2D eigenvalue weighted by Gasteiger charge is -2.20. The van der Waals surface area contributed by atoms with E-state index in [9.17, 15) is 4.79 Å². The van der Waals surface area contributed by atoms with Crippen molar-refractivity contribution in [1.82, 2.24) is 0 Å². The van der Waals surface area contributed by atoms with E-state index in [1.165, 1.54) is 18.9 Å². The zero-order valence-corrected chi connectivity index (χ0v) is 12.9. The van der Waals surface area contributed by atoms with Crippen molar-refractivity contribution in [2.75, 3.05) is 7.11 Å². The number of esters is 1. The van der Waals surface area contributed by atoms with E-state index in [1.807, 2.05) is 31.2 Å². The summed E-state index contributed by atoms with van der Waals surface area (Å²) in [6, 6.07) is 7.51. The normalized spacial score (nSPS) is 28.8. The molecule has 2 atom stereocenters. The van der Waals surface area contributed by atoms with Crippen molar-refractivity contribution in [2.24, 2.45) is 5.41 Å². The molecule has 19 heavy (non-hydrogen) atoms. The zero-order valence-electron chi connectivity index (χ0n) is 11.3. The van der Waals surface area contributed by atoms with Crippen LogP contribution in [0.5, 0.6) is 0 Å². The largest absolute Gasteiger partial charge is 0.468 e. The van der Waals surface area contributed by atoms with Crippen molar-refractivity contribution in [3.63, 3.8) is 0 Å². The van der Waals surface area contributed by atoms with Crippen LogP contribution in [0.15, 0.2) is 41.3 Å². The summed E-state index contributed by atoms with van der Waals surface area (Å²) in [7, 11) is 1.43. The highest BCUT2D eigenvalue weighted by Crippen LogP contribution is 2.69. The van der Waals surface area contributed by atoms with Crippen LogP contribution in [-0.2, 0) is 9.53 Å². The summed E-state index contributed by atoms with van der Waals surface area (Å²) in [6.45, 7) is 8.04. The number of carbonyl (C=O) groups excluding carboxylic acids is 1. The standard InChI is InChI=1S/C15H17ClO2S/c1-10(2)14(3)9-15(14,13(17)18-4)19-12-7-5-11(16)6-8-12/h5-8H,1,9H2,2-4H3. The molecule has 1 aliphatic carbocycles. The van der Waals surface area contributed by atoms with Crippen LogP contribution in [0.4, 0.5) is 0 Å². The van der Waals surface area contributed by atoms with Crippen molar-refractivity contribution in [1.29, 1.82) is 0 Å². The van der Waals surface area contributed by atoms with E-state index in [4.69, 9.17) is 16.3 Å². The van der Waals surface area contributed by atoms with E-state index in [2.05, 4.69) is 13.5 Å². The van der Waals surface area contributed by atoms with E-state index in [-0.39, 0.29) is 11.4 Å². The van der Waals surface area contributed by atoms with Gasteiger partial charge < -0.3 is 4.74 Å². The molecule has 0 radical (unpaired) electrons. The van der Waals surface area contributed by atoms with Gasteiger partial charge in [0.2, 0.25) is 0 Å². The molecule has 0 spiro atoms. The smallest absolute Gasteiger partial charge is 0.323 e. The monoisotopic (exact) mass is 296 g/mol. The van der Waals surface area contributed by atoms with Crippen molar-refractivity contribution in [2.45, 2.75) is 29.9 Å². The van der Waals surface area contributed by atoms with Gasteiger partial charge in [-0.15, -0.1) is 11.8 Å². The topological polar surface area (TPSA) is 26.3 Å². The molecule has 0 aliphatic heterocycles. The third-order valence-electron chi connectivity index (χ3n) is 3.93. The fourth-order valence-electron chi connectivity index (χ4n) is 2.31. The molecule has 1 saturated carbocycles. The number of thioether (sulfide) groups is 1. The number of benzene rings is 1. The van der Waals surface area contributed by atoms with Crippen molar-refractivity contribution < 1.29 is 9.53 Å². The third kappa shape index (κ3) is 2.30. The van der Waals surface area contributed by atoms with Gasteiger partial charge in [0.05, 0.1) is 7.11 Å². The van der Waals surface area contributed by atoms with Gasteiger partial charge in [-0.1, -0.05) is 30.7 Å². The average Bonchev–Trinajstić information content (AvgIpc) is 2.99. The van der Waals surface area contributed by atoms with Crippen LogP contribution in [0, 0.1) is 5.41 Å². The number of rotatable bonds is 4. The molecule has 0 aromatic heterocycles. The molecule has 1 aliphatic rings. The molecule has 2 unspecified atom stereocenters. The number of carbonyl (C=O) groups is 1. The molecule has 102 valence electrons. The Kier molecular flexibility index (Phi) is 3.72. The first-order valence-electron chi connectivity index (χ1n) is 6.05. The van der Waals surface area contributed by atoms with Crippen LogP contribution >= 0.6 is 23.4 Å². The molecule has 1 aromatic carbocycles. The van der Waals surface area contributed by atoms with Gasteiger partial charge in [-0.05, 0) is 37.6 Å². The summed E-state index contributed by atoms with van der Waals surface area (Å²) in [5.41, 5.74) is 0.809. The molecule has 1 fully saturated rings. The lowest BCUT2D eigenvalue weighted by Crippen LogP contribution is -2.27. The summed E-state index contributed by atoms with van der Waals surface area (Å²) in [5, 5.41) is 0.690. The second-order valence-electron chi connectivity index (χ2n) is 5.16. The molecule has 0 saturated heterocycles. The van der Waals surface area contributed by atoms with E-state index in [1.54, 1.807) is 0 Å². The zero-order chi connectivity index (χ0) is 14.3. The highest BCUT2D eigenvalue weighted by atomic mass is 35.5. The van der Waals surface area contributed by atoms with Crippen molar-refractivity contribution in [3.05, 3.63) is 41.4 Å². The Morgan fingerprint density at radius 1 is 1.42 bits per heavy atom. The van der Waals surface area contributed by atoms with Crippen LogP contribution in [0.2, 0.25) is 5.02 Å². The molecular formula is C15H17ClO2S. The summed E-state index contributed by atoms with van der Waals surface area (Å²) in [4.78, 5) is 13.2. The predicted octanol–water partition coefficient (Wildman–Crippen LogP) is 4.33. The Hall–Kier alpha value is -0.930. The lowest BCUT2D eigenvalue weighted by molar-refractivity contribution is -0.141. The molecule has 4 heteroatoms. The van der Waals surface area contributed by atoms with Gasteiger partial charge in [-0.3, -0.25) is 4.79 Å². The summed E-state index contributed by atoms with van der Waals surface area (Å²) < 4.78 is 4.44. The van der Waals surface area contributed by atoms with E-state index in [0.717, 1.165) is 16.9 Å². The second-order valence-corrected chi connectivity index (χ2v) is 6.97. The van der Waals surface area contributed by atoms with Crippen LogP contribution in [0.3, 0.4) is 0 Å². The Labute approximate surface area is 123 Å². The number of hydrogen-bond acceptors (Lipinski definition) is 3. The molecule has 1 aromatic rings.